The van der Waals surface area contributed by atoms with E-state index < -0.39 is 0 Å². The highest BCUT2D eigenvalue weighted by Gasteiger charge is 2.14. The molecule has 1 heterocycles. The van der Waals surface area contributed by atoms with Gasteiger partial charge in [0.1, 0.15) is 5.52 Å². The molecular weight excluding hydrogens is 200 g/mol. The molecule has 0 fully saturated rings. The van der Waals surface area contributed by atoms with Crippen LogP contribution in [0.15, 0.2) is 22.6 Å². The van der Waals surface area contributed by atoms with Crippen molar-refractivity contribution in [2.45, 2.75) is 32.6 Å². The second-order valence-corrected chi connectivity index (χ2v) is 4.05. The third-order valence-corrected chi connectivity index (χ3v) is 3.00. The number of rotatable bonds is 4. The summed E-state index contributed by atoms with van der Waals surface area (Å²) in [7, 11) is 0. The largest absolute Gasteiger partial charge is 0.440 e. The number of aromatic nitrogens is 1. The number of nitrogens with zero attached hydrogens (tertiary/aromatic N) is 1. The van der Waals surface area contributed by atoms with Crippen molar-refractivity contribution in [2.75, 3.05) is 6.54 Å². The van der Waals surface area contributed by atoms with Crippen molar-refractivity contribution < 1.29 is 4.42 Å². The van der Waals surface area contributed by atoms with E-state index in [4.69, 9.17) is 10.2 Å². The molecule has 3 heteroatoms. The molecule has 2 aromatic rings. The van der Waals surface area contributed by atoms with E-state index in [0.717, 1.165) is 29.8 Å². The fourth-order valence-electron chi connectivity index (χ4n) is 1.83. The highest BCUT2D eigenvalue weighted by atomic mass is 16.3. The molecule has 0 amide bonds. The summed E-state index contributed by atoms with van der Waals surface area (Å²) in [5, 5.41) is 0. The van der Waals surface area contributed by atoms with Crippen LogP contribution in [0, 0.1) is 0 Å². The van der Waals surface area contributed by atoms with Gasteiger partial charge in [0.2, 0.25) is 0 Å². The van der Waals surface area contributed by atoms with Crippen molar-refractivity contribution in [3.8, 4) is 0 Å². The first kappa shape index (κ1) is 11.1. The monoisotopic (exact) mass is 218 g/mol. The summed E-state index contributed by atoms with van der Waals surface area (Å²) in [6.07, 6.45) is 1.98. The standard InChI is InChI=1S/C13H18N2O/c1-3-9-5-6-12-11(7-9)15-13(16-12)10(4-2)8-14/h5-7,10H,3-4,8,14H2,1-2H3. The fraction of sp³-hybridized carbons (Fsp3) is 0.462. The zero-order valence-electron chi connectivity index (χ0n) is 9.86. The number of fused-ring (bicyclic) bond motifs is 1. The van der Waals surface area contributed by atoms with Crippen molar-refractivity contribution in [3.05, 3.63) is 29.7 Å². The first-order chi connectivity index (χ1) is 7.78. The van der Waals surface area contributed by atoms with E-state index in [1.807, 2.05) is 6.07 Å². The summed E-state index contributed by atoms with van der Waals surface area (Å²) < 4.78 is 5.72. The van der Waals surface area contributed by atoms with Crippen LogP contribution in [0.4, 0.5) is 0 Å². The fourth-order valence-corrected chi connectivity index (χ4v) is 1.83. The Morgan fingerprint density at radius 3 is 2.81 bits per heavy atom. The van der Waals surface area contributed by atoms with E-state index in [1.165, 1.54) is 5.56 Å². The summed E-state index contributed by atoms with van der Waals surface area (Å²) in [5.74, 6) is 1.01. The third kappa shape index (κ3) is 1.95. The quantitative estimate of drug-likeness (QED) is 0.858. The first-order valence-corrected chi connectivity index (χ1v) is 5.87. The Labute approximate surface area is 95.7 Å². The van der Waals surface area contributed by atoms with Crippen LogP contribution in [0.5, 0.6) is 0 Å². The maximum Gasteiger partial charge on any atom is 0.199 e. The maximum absolute atomic E-state index is 5.72. The Balaban J connectivity index is 2.43. The minimum absolute atomic E-state index is 0.234. The smallest absolute Gasteiger partial charge is 0.199 e. The van der Waals surface area contributed by atoms with Crippen molar-refractivity contribution in [1.82, 2.24) is 4.98 Å². The minimum atomic E-state index is 0.234. The molecule has 0 saturated heterocycles. The number of nitrogens with two attached hydrogens (primary N) is 1. The van der Waals surface area contributed by atoms with Crippen LogP contribution >= 0.6 is 0 Å². The normalized spacial score (nSPS) is 13.2. The lowest BCUT2D eigenvalue weighted by Crippen LogP contribution is -2.11. The van der Waals surface area contributed by atoms with E-state index in [1.54, 1.807) is 0 Å². The molecule has 1 atom stereocenters. The van der Waals surface area contributed by atoms with Crippen molar-refractivity contribution in [3.63, 3.8) is 0 Å². The molecule has 0 aliphatic carbocycles. The summed E-state index contributed by atoms with van der Waals surface area (Å²) in [5.41, 5.74) is 8.78. The van der Waals surface area contributed by atoms with E-state index in [-0.39, 0.29) is 5.92 Å². The molecule has 1 aromatic heterocycles. The van der Waals surface area contributed by atoms with Crippen molar-refractivity contribution in [1.29, 1.82) is 0 Å². The summed E-state index contributed by atoms with van der Waals surface area (Å²) in [6.45, 7) is 4.82. The van der Waals surface area contributed by atoms with E-state index in [0.29, 0.717) is 6.54 Å². The van der Waals surface area contributed by atoms with E-state index in [2.05, 4.69) is 31.0 Å². The molecule has 0 aliphatic heterocycles. The highest BCUT2D eigenvalue weighted by Crippen LogP contribution is 2.23. The third-order valence-electron chi connectivity index (χ3n) is 3.00. The summed E-state index contributed by atoms with van der Waals surface area (Å²) in [6, 6.07) is 6.17. The van der Waals surface area contributed by atoms with Crippen LogP contribution in [0.2, 0.25) is 0 Å². The first-order valence-electron chi connectivity index (χ1n) is 5.87. The van der Waals surface area contributed by atoms with Gasteiger partial charge in [-0.25, -0.2) is 4.98 Å². The Kier molecular flexibility index (Phi) is 3.25. The lowest BCUT2D eigenvalue weighted by molar-refractivity contribution is 0.465. The second kappa shape index (κ2) is 4.66. The molecule has 3 nitrogen and oxygen atoms in total. The molecular formula is C13H18N2O. The van der Waals surface area contributed by atoms with E-state index in [9.17, 15) is 0 Å². The van der Waals surface area contributed by atoms with Crippen LogP contribution in [-0.2, 0) is 6.42 Å². The Morgan fingerprint density at radius 1 is 1.38 bits per heavy atom. The predicted molar refractivity (Wildman–Crippen MR) is 65.5 cm³/mol. The molecule has 0 radical (unpaired) electrons. The van der Waals surface area contributed by atoms with Gasteiger partial charge in [-0.3, -0.25) is 0 Å². The zero-order valence-corrected chi connectivity index (χ0v) is 9.86. The molecule has 0 bridgehead atoms. The Morgan fingerprint density at radius 2 is 2.19 bits per heavy atom. The van der Waals surface area contributed by atoms with Gasteiger partial charge >= 0.3 is 0 Å². The molecule has 16 heavy (non-hydrogen) atoms. The molecule has 2 rings (SSSR count). The summed E-state index contributed by atoms with van der Waals surface area (Å²) in [4.78, 5) is 4.52. The van der Waals surface area contributed by atoms with Crippen LogP contribution in [0.25, 0.3) is 11.1 Å². The summed E-state index contributed by atoms with van der Waals surface area (Å²) >= 11 is 0. The van der Waals surface area contributed by atoms with Crippen molar-refractivity contribution in [2.24, 2.45) is 5.73 Å². The maximum atomic E-state index is 5.72. The van der Waals surface area contributed by atoms with Gasteiger partial charge in [0.25, 0.3) is 0 Å². The molecule has 86 valence electrons. The topological polar surface area (TPSA) is 52.0 Å². The van der Waals surface area contributed by atoms with Gasteiger partial charge in [-0.2, -0.15) is 0 Å². The molecule has 1 aromatic carbocycles. The lowest BCUT2D eigenvalue weighted by Gasteiger charge is -2.05. The van der Waals surface area contributed by atoms with Gasteiger partial charge in [0.05, 0.1) is 0 Å². The number of aryl methyl sites for hydroxylation is 1. The Hall–Kier alpha value is -1.35. The average molecular weight is 218 g/mol. The predicted octanol–water partition coefficient (Wildman–Crippen LogP) is 2.84. The van der Waals surface area contributed by atoms with Gasteiger partial charge in [-0.1, -0.05) is 19.9 Å². The molecule has 0 spiro atoms. The van der Waals surface area contributed by atoms with Gasteiger partial charge in [-0.05, 0) is 30.5 Å². The number of oxazole rings is 1. The van der Waals surface area contributed by atoms with Gasteiger partial charge in [0.15, 0.2) is 11.5 Å². The molecule has 0 saturated carbocycles. The number of hydrogen-bond acceptors (Lipinski definition) is 3. The Bertz CT molecular complexity index is 472. The van der Waals surface area contributed by atoms with Crippen molar-refractivity contribution >= 4 is 11.1 Å². The van der Waals surface area contributed by atoms with Crippen LogP contribution < -0.4 is 5.73 Å². The second-order valence-electron chi connectivity index (χ2n) is 4.05. The molecule has 2 N–H and O–H groups in total. The van der Waals surface area contributed by atoms with E-state index >= 15 is 0 Å². The molecule has 1 unspecified atom stereocenters. The molecule has 0 aliphatic rings. The zero-order chi connectivity index (χ0) is 11.5. The van der Waals surface area contributed by atoms with Gasteiger partial charge in [0, 0.05) is 12.5 Å². The minimum Gasteiger partial charge on any atom is -0.440 e. The van der Waals surface area contributed by atoms with Crippen LogP contribution in [-0.4, -0.2) is 11.5 Å². The van der Waals surface area contributed by atoms with Gasteiger partial charge in [-0.15, -0.1) is 0 Å². The van der Waals surface area contributed by atoms with Crippen LogP contribution in [0.3, 0.4) is 0 Å². The average Bonchev–Trinajstić information content (AvgIpc) is 2.72. The number of benzene rings is 1. The lowest BCUT2D eigenvalue weighted by atomic mass is 10.1. The highest BCUT2D eigenvalue weighted by molar-refractivity contribution is 5.73. The number of hydrogen-bond donors (Lipinski definition) is 1. The van der Waals surface area contributed by atoms with Gasteiger partial charge < -0.3 is 10.2 Å². The SMILES string of the molecule is CCc1ccc2oc(C(CC)CN)nc2c1. The van der Waals surface area contributed by atoms with Crippen LogP contribution in [0.1, 0.15) is 37.6 Å².